The van der Waals surface area contributed by atoms with Crippen molar-refractivity contribution in [3.63, 3.8) is 0 Å². The van der Waals surface area contributed by atoms with E-state index in [1.807, 2.05) is 7.11 Å². The average Bonchev–Trinajstić information content (AvgIpc) is 2.53. The van der Waals surface area contributed by atoms with Crippen molar-refractivity contribution in [3.8, 4) is 0 Å². The summed E-state index contributed by atoms with van der Waals surface area (Å²) in [6, 6.07) is 0. The van der Waals surface area contributed by atoms with Gasteiger partial charge in [0.15, 0.2) is 0 Å². The van der Waals surface area contributed by atoms with Gasteiger partial charge in [0.2, 0.25) is 0 Å². The Hall–Kier alpha value is -0.410. The lowest BCUT2D eigenvalue weighted by Gasteiger charge is -2.31. The van der Waals surface area contributed by atoms with Gasteiger partial charge in [0.25, 0.3) is 0 Å². The highest BCUT2D eigenvalue weighted by atomic mass is 16.5. The van der Waals surface area contributed by atoms with Gasteiger partial charge in [-0.2, -0.15) is 0 Å². The number of carbonyl (C=O) groups excluding carboxylic acids is 1. The molecular formula is C19H37NO2. The van der Waals surface area contributed by atoms with Crippen LogP contribution in [0.2, 0.25) is 0 Å². The lowest BCUT2D eigenvalue weighted by molar-refractivity contribution is -0.117. The largest absolute Gasteiger partial charge is 0.381 e. The van der Waals surface area contributed by atoms with E-state index in [1.165, 1.54) is 83.8 Å². The zero-order chi connectivity index (χ0) is 16.0. The van der Waals surface area contributed by atoms with Gasteiger partial charge in [0, 0.05) is 26.6 Å². The Morgan fingerprint density at radius 1 is 0.909 bits per heavy atom. The predicted octanol–water partition coefficient (Wildman–Crippen LogP) is 4.59. The molecule has 3 heteroatoms. The molecule has 1 rings (SSSR count). The van der Waals surface area contributed by atoms with E-state index in [4.69, 9.17) is 4.74 Å². The fourth-order valence-corrected chi connectivity index (χ4v) is 3.32. The molecule has 0 saturated carbocycles. The van der Waals surface area contributed by atoms with Crippen LogP contribution in [0.25, 0.3) is 0 Å². The predicted molar refractivity (Wildman–Crippen MR) is 93.3 cm³/mol. The number of rotatable bonds is 13. The first-order valence-electron chi connectivity index (χ1n) is 9.47. The molecule has 0 N–H and O–H groups in total. The standard InChI is InChI=1S/C19H37NO2/c1-18(21)12-10-8-6-4-3-5-7-9-11-15-20-16-13-19(22-2)14-17-20/h19H,3-17H2,1-2H3. The minimum Gasteiger partial charge on any atom is -0.381 e. The van der Waals surface area contributed by atoms with E-state index in [-0.39, 0.29) is 0 Å². The second-order valence-electron chi connectivity index (χ2n) is 6.91. The average molecular weight is 312 g/mol. The molecule has 130 valence electrons. The number of likely N-dealkylation sites (tertiary alicyclic amines) is 1. The number of nitrogens with zero attached hydrogens (tertiary/aromatic N) is 1. The fraction of sp³-hybridized carbons (Fsp3) is 0.947. The first-order valence-corrected chi connectivity index (χ1v) is 9.47. The quantitative estimate of drug-likeness (QED) is 0.466. The van der Waals surface area contributed by atoms with Crippen LogP contribution in [0, 0.1) is 0 Å². The number of carbonyl (C=O) groups is 1. The van der Waals surface area contributed by atoms with Gasteiger partial charge in [-0.25, -0.2) is 0 Å². The van der Waals surface area contributed by atoms with Crippen molar-refractivity contribution in [1.29, 1.82) is 0 Å². The SMILES string of the molecule is COC1CCN(CCCCCCCCCCCC(C)=O)CC1. The molecule has 22 heavy (non-hydrogen) atoms. The summed E-state index contributed by atoms with van der Waals surface area (Å²) < 4.78 is 5.41. The van der Waals surface area contributed by atoms with Gasteiger partial charge >= 0.3 is 0 Å². The molecule has 1 aliphatic rings. The van der Waals surface area contributed by atoms with Crippen molar-refractivity contribution in [1.82, 2.24) is 4.90 Å². The smallest absolute Gasteiger partial charge is 0.129 e. The summed E-state index contributed by atoms with van der Waals surface area (Å²) in [7, 11) is 1.84. The van der Waals surface area contributed by atoms with Crippen molar-refractivity contribution in [3.05, 3.63) is 0 Å². The molecule has 1 aliphatic heterocycles. The Labute approximate surface area is 137 Å². The monoisotopic (exact) mass is 311 g/mol. The number of ketones is 1. The normalized spacial score (nSPS) is 17.0. The zero-order valence-electron chi connectivity index (χ0n) is 14.9. The molecule has 0 bridgehead atoms. The molecule has 1 fully saturated rings. The van der Waals surface area contributed by atoms with Crippen molar-refractivity contribution in [2.75, 3.05) is 26.7 Å². The molecule has 0 unspecified atom stereocenters. The number of hydrogen-bond acceptors (Lipinski definition) is 3. The molecular weight excluding hydrogens is 274 g/mol. The van der Waals surface area contributed by atoms with Crippen LogP contribution in [0.15, 0.2) is 0 Å². The maximum absolute atomic E-state index is 10.8. The second-order valence-corrected chi connectivity index (χ2v) is 6.91. The lowest BCUT2D eigenvalue weighted by atomic mass is 10.0. The van der Waals surface area contributed by atoms with Crippen LogP contribution in [-0.2, 0) is 9.53 Å². The van der Waals surface area contributed by atoms with E-state index >= 15 is 0 Å². The summed E-state index contributed by atoms with van der Waals surface area (Å²) in [4.78, 5) is 13.4. The molecule has 0 aromatic carbocycles. The third-order valence-electron chi connectivity index (χ3n) is 4.87. The first-order chi connectivity index (χ1) is 10.7. The van der Waals surface area contributed by atoms with E-state index in [2.05, 4.69) is 4.90 Å². The van der Waals surface area contributed by atoms with E-state index in [0.717, 1.165) is 12.8 Å². The highest BCUT2D eigenvalue weighted by Crippen LogP contribution is 2.15. The summed E-state index contributed by atoms with van der Waals surface area (Å²) in [5.74, 6) is 0.339. The van der Waals surface area contributed by atoms with Gasteiger partial charge in [0.1, 0.15) is 5.78 Å². The highest BCUT2D eigenvalue weighted by molar-refractivity contribution is 5.75. The molecule has 0 radical (unpaired) electrons. The van der Waals surface area contributed by atoms with Gasteiger partial charge in [-0.05, 0) is 39.2 Å². The lowest BCUT2D eigenvalue weighted by Crippen LogP contribution is -2.37. The summed E-state index contributed by atoms with van der Waals surface area (Å²) in [5.41, 5.74) is 0. The van der Waals surface area contributed by atoms with E-state index in [9.17, 15) is 4.79 Å². The van der Waals surface area contributed by atoms with Crippen LogP contribution in [0.4, 0.5) is 0 Å². The van der Waals surface area contributed by atoms with Gasteiger partial charge in [-0.1, -0.05) is 44.9 Å². The number of Topliss-reactive ketones (excluding diaryl/α,β-unsaturated/α-hetero) is 1. The summed E-state index contributed by atoms with van der Waals surface area (Å²) in [6.45, 7) is 5.42. The van der Waals surface area contributed by atoms with Crippen LogP contribution in [0.1, 0.15) is 84.0 Å². The molecule has 0 aliphatic carbocycles. The first kappa shape index (κ1) is 19.6. The summed E-state index contributed by atoms with van der Waals surface area (Å²) in [6.07, 6.45) is 15.6. The maximum atomic E-state index is 10.8. The Morgan fingerprint density at radius 2 is 1.41 bits per heavy atom. The number of methoxy groups -OCH3 is 1. The Kier molecular flexibility index (Phi) is 11.7. The second kappa shape index (κ2) is 13.1. The Morgan fingerprint density at radius 3 is 1.91 bits per heavy atom. The van der Waals surface area contributed by atoms with Crippen LogP contribution in [0.3, 0.4) is 0 Å². The third-order valence-corrected chi connectivity index (χ3v) is 4.87. The van der Waals surface area contributed by atoms with Crippen molar-refractivity contribution < 1.29 is 9.53 Å². The summed E-state index contributed by atoms with van der Waals surface area (Å²) >= 11 is 0. The number of piperidine rings is 1. The Bertz CT molecular complexity index is 273. The van der Waals surface area contributed by atoms with Crippen molar-refractivity contribution in [2.45, 2.75) is 90.1 Å². The van der Waals surface area contributed by atoms with E-state index in [0.29, 0.717) is 11.9 Å². The van der Waals surface area contributed by atoms with Crippen molar-refractivity contribution >= 4 is 5.78 Å². The van der Waals surface area contributed by atoms with Crippen LogP contribution < -0.4 is 0 Å². The van der Waals surface area contributed by atoms with Gasteiger partial charge in [-0.3, -0.25) is 0 Å². The minimum absolute atomic E-state index is 0.339. The number of ether oxygens (including phenoxy) is 1. The Balaban J connectivity index is 1.78. The topological polar surface area (TPSA) is 29.5 Å². The van der Waals surface area contributed by atoms with Gasteiger partial charge in [-0.15, -0.1) is 0 Å². The minimum atomic E-state index is 0.339. The molecule has 0 aromatic heterocycles. The van der Waals surface area contributed by atoms with E-state index in [1.54, 1.807) is 6.92 Å². The molecule has 0 amide bonds. The molecule has 1 saturated heterocycles. The third kappa shape index (κ3) is 10.3. The number of hydrogen-bond donors (Lipinski definition) is 0. The highest BCUT2D eigenvalue weighted by Gasteiger charge is 2.17. The summed E-state index contributed by atoms with van der Waals surface area (Å²) in [5, 5.41) is 0. The molecule has 0 spiro atoms. The van der Waals surface area contributed by atoms with Crippen LogP contribution in [0.5, 0.6) is 0 Å². The van der Waals surface area contributed by atoms with Gasteiger partial charge < -0.3 is 14.4 Å². The zero-order valence-corrected chi connectivity index (χ0v) is 14.9. The molecule has 3 nitrogen and oxygen atoms in total. The molecule has 0 aromatic rings. The van der Waals surface area contributed by atoms with Crippen molar-refractivity contribution in [2.24, 2.45) is 0 Å². The fourth-order valence-electron chi connectivity index (χ4n) is 3.32. The molecule has 1 heterocycles. The maximum Gasteiger partial charge on any atom is 0.129 e. The van der Waals surface area contributed by atoms with E-state index < -0.39 is 0 Å². The van der Waals surface area contributed by atoms with Crippen LogP contribution in [-0.4, -0.2) is 43.5 Å². The molecule has 0 atom stereocenters. The van der Waals surface area contributed by atoms with Gasteiger partial charge in [0.05, 0.1) is 6.10 Å². The van der Waals surface area contributed by atoms with Crippen LogP contribution >= 0.6 is 0 Å². The number of unbranched alkanes of at least 4 members (excludes halogenated alkanes) is 8.